The minimum Gasteiger partial charge on any atom is -0.382 e. The molecule has 0 saturated carbocycles. The number of anilines is 3. The van der Waals surface area contributed by atoms with Gasteiger partial charge in [0.05, 0.1) is 6.67 Å². The molecule has 0 bridgehead atoms. The number of rotatable bonds is 5. The lowest BCUT2D eigenvalue weighted by molar-refractivity contribution is 0.0945. The molecule has 3 aliphatic rings. The number of nitrogens with two attached hydrogens (primary N) is 1. The first kappa shape index (κ1) is 21.0. The van der Waals surface area contributed by atoms with E-state index >= 15 is 0 Å². The summed E-state index contributed by atoms with van der Waals surface area (Å²) in [4.78, 5) is 13.0. The van der Waals surface area contributed by atoms with Crippen LogP contribution in [0.4, 0.5) is 17.3 Å². The van der Waals surface area contributed by atoms with Crippen LogP contribution in [0.2, 0.25) is 0 Å². The van der Waals surface area contributed by atoms with Gasteiger partial charge in [0.15, 0.2) is 11.6 Å². The zero-order valence-electron chi connectivity index (χ0n) is 19.3. The molecule has 1 aliphatic heterocycles. The van der Waals surface area contributed by atoms with E-state index < -0.39 is 0 Å². The van der Waals surface area contributed by atoms with Crippen molar-refractivity contribution in [3.05, 3.63) is 41.3 Å². The Balaban J connectivity index is 1.43. The summed E-state index contributed by atoms with van der Waals surface area (Å²) in [6.45, 7) is 11.2. The number of hydrogen-bond acceptors (Lipinski definition) is 5. The highest BCUT2D eigenvalue weighted by molar-refractivity contribution is 5.81. The van der Waals surface area contributed by atoms with E-state index in [1.54, 1.807) is 11.9 Å². The summed E-state index contributed by atoms with van der Waals surface area (Å²) in [7, 11) is 2.05. The lowest BCUT2D eigenvalue weighted by Crippen LogP contribution is -2.39. The molecule has 5 nitrogen and oxygen atoms in total. The van der Waals surface area contributed by atoms with Crippen LogP contribution in [0.15, 0.2) is 41.3 Å². The number of fused-ring (bicyclic) bond motifs is 2. The standard InChI is InChI=1S/C25H37N5/c1-17(12-14-30-16-29(5)24-22(30)23(26)27-15-28-24)11-13-25(4)19(3)9-10-20-18(2)7-6-8-21(20)25/h7,10,12,15,19,21H,6,8-9,11,13-14,16H2,1-5H3,(H2,26,27,28). The number of nitrogens with zero attached hydrogens (tertiary/aromatic N) is 4. The third kappa shape index (κ3) is 3.63. The first-order valence-electron chi connectivity index (χ1n) is 11.4. The van der Waals surface area contributed by atoms with Crippen LogP contribution in [0.1, 0.15) is 59.8 Å². The van der Waals surface area contributed by atoms with Crippen LogP contribution in [0.3, 0.4) is 0 Å². The van der Waals surface area contributed by atoms with Crippen molar-refractivity contribution in [2.75, 3.05) is 35.8 Å². The van der Waals surface area contributed by atoms with Crippen LogP contribution in [0.25, 0.3) is 0 Å². The van der Waals surface area contributed by atoms with Crippen LogP contribution in [0.5, 0.6) is 0 Å². The predicted octanol–water partition coefficient (Wildman–Crippen LogP) is 5.33. The van der Waals surface area contributed by atoms with Crippen molar-refractivity contribution in [1.29, 1.82) is 0 Å². The summed E-state index contributed by atoms with van der Waals surface area (Å²) in [5, 5.41) is 0. The Hall–Kier alpha value is -2.30. The van der Waals surface area contributed by atoms with E-state index in [0.717, 1.165) is 43.0 Å². The van der Waals surface area contributed by atoms with E-state index in [4.69, 9.17) is 5.73 Å². The quantitative estimate of drug-likeness (QED) is 0.669. The fraction of sp³-hybridized carbons (Fsp3) is 0.600. The average molecular weight is 408 g/mol. The average Bonchev–Trinajstić information content (AvgIpc) is 3.05. The van der Waals surface area contributed by atoms with E-state index in [0.29, 0.717) is 11.2 Å². The molecule has 5 heteroatoms. The number of aromatic nitrogens is 2. The molecule has 162 valence electrons. The first-order chi connectivity index (χ1) is 14.3. The van der Waals surface area contributed by atoms with Crippen molar-refractivity contribution in [1.82, 2.24) is 9.97 Å². The Labute approximate surface area is 181 Å². The largest absolute Gasteiger partial charge is 0.382 e. The Bertz CT molecular complexity index is 899. The Morgan fingerprint density at radius 2 is 2.13 bits per heavy atom. The summed E-state index contributed by atoms with van der Waals surface area (Å²) in [6, 6.07) is 0. The molecular weight excluding hydrogens is 370 g/mol. The molecule has 2 heterocycles. The van der Waals surface area contributed by atoms with E-state index in [9.17, 15) is 0 Å². The summed E-state index contributed by atoms with van der Waals surface area (Å²) in [6.07, 6.45) is 15.0. The second kappa shape index (κ2) is 8.09. The van der Waals surface area contributed by atoms with Gasteiger partial charge in [0.2, 0.25) is 0 Å². The minimum absolute atomic E-state index is 0.382. The van der Waals surface area contributed by atoms with Crippen LogP contribution in [-0.4, -0.2) is 30.2 Å². The van der Waals surface area contributed by atoms with Crippen LogP contribution >= 0.6 is 0 Å². The third-order valence-electron chi connectivity index (χ3n) is 7.96. The zero-order valence-corrected chi connectivity index (χ0v) is 19.3. The predicted molar refractivity (Wildman–Crippen MR) is 127 cm³/mol. The van der Waals surface area contributed by atoms with Crippen LogP contribution in [-0.2, 0) is 0 Å². The molecular formula is C25H37N5. The van der Waals surface area contributed by atoms with Gasteiger partial charge in [-0.3, -0.25) is 0 Å². The van der Waals surface area contributed by atoms with Crippen molar-refractivity contribution in [3.8, 4) is 0 Å². The highest BCUT2D eigenvalue weighted by Crippen LogP contribution is 2.53. The molecule has 3 unspecified atom stereocenters. The fourth-order valence-electron chi connectivity index (χ4n) is 5.68. The van der Waals surface area contributed by atoms with Gasteiger partial charge in [-0.1, -0.05) is 43.2 Å². The van der Waals surface area contributed by atoms with Gasteiger partial charge >= 0.3 is 0 Å². The summed E-state index contributed by atoms with van der Waals surface area (Å²) in [5.41, 5.74) is 12.1. The molecule has 3 atom stereocenters. The number of nitrogen functional groups attached to an aromatic ring is 1. The molecule has 30 heavy (non-hydrogen) atoms. The lowest BCUT2D eigenvalue weighted by Gasteiger charge is -2.48. The van der Waals surface area contributed by atoms with Crippen LogP contribution in [0, 0.1) is 17.3 Å². The number of allylic oxidation sites excluding steroid dienone is 5. The smallest absolute Gasteiger partial charge is 0.159 e. The second-order valence-corrected chi connectivity index (χ2v) is 9.86. The van der Waals surface area contributed by atoms with Gasteiger partial charge in [0.25, 0.3) is 0 Å². The zero-order chi connectivity index (χ0) is 21.5. The fourth-order valence-corrected chi connectivity index (χ4v) is 5.68. The summed E-state index contributed by atoms with van der Waals surface area (Å²) >= 11 is 0. The van der Waals surface area contributed by atoms with Gasteiger partial charge in [-0.25, -0.2) is 9.97 Å². The topological polar surface area (TPSA) is 58.3 Å². The lowest BCUT2D eigenvalue weighted by atomic mass is 9.56. The van der Waals surface area contributed by atoms with Gasteiger partial charge in [-0.15, -0.1) is 0 Å². The van der Waals surface area contributed by atoms with Crippen LogP contribution < -0.4 is 15.5 Å². The normalized spacial score (nSPS) is 28.8. The number of hydrogen-bond donors (Lipinski definition) is 1. The Morgan fingerprint density at radius 1 is 1.33 bits per heavy atom. The van der Waals surface area contributed by atoms with E-state index in [2.05, 4.69) is 72.7 Å². The van der Waals surface area contributed by atoms with Crippen molar-refractivity contribution < 1.29 is 0 Å². The molecule has 0 amide bonds. The van der Waals surface area contributed by atoms with Crippen molar-refractivity contribution in [2.24, 2.45) is 17.3 Å². The Kier molecular flexibility index (Phi) is 5.65. The molecule has 0 radical (unpaired) electrons. The van der Waals surface area contributed by atoms with Gasteiger partial charge in [-0.05, 0) is 68.8 Å². The van der Waals surface area contributed by atoms with Crippen molar-refractivity contribution >= 4 is 17.3 Å². The molecule has 1 aromatic rings. The van der Waals surface area contributed by atoms with Gasteiger partial charge in [-0.2, -0.15) is 0 Å². The maximum atomic E-state index is 6.14. The summed E-state index contributed by atoms with van der Waals surface area (Å²) in [5.74, 6) is 2.95. The van der Waals surface area contributed by atoms with Crippen molar-refractivity contribution in [2.45, 2.75) is 59.8 Å². The van der Waals surface area contributed by atoms with E-state index in [1.807, 2.05) is 0 Å². The SMILES string of the molecule is CC(=CCN1CN(C)c2ncnc(N)c21)CCC1(C)C(C)CC=C2C(C)=CCCC21. The molecule has 2 N–H and O–H groups in total. The molecule has 0 fully saturated rings. The maximum Gasteiger partial charge on any atom is 0.159 e. The summed E-state index contributed by atoms with van der Waals surface area (Å²) < 4.78 is 0. The Morgan fingerprint density at radius 3 is 2.93 bits per heavy atom. The highest BCUT2D eigenvalue weighted by Gasteiger charge is 2.43. The molecule has 0 aromatic carbocycles. The van der Waals surface area contributed by atoms with Gasteiger partial charge in [0.1, 0.15) is 12.0 Å². The highest BCUT2D eigenvalue weighted by atomic mass is 15.4. The minimum atomic E-state index is 0.382. The molecule has 4 rings (SSSR count). The van der Waals surface area contributed by atoms with Crippen molar-refractivity contribution in [3.63, 3.8) is 0 Å². The molecule has 1 aromatic heterocycles. The first-order valence-corrected chi connectivity index (χ1v) is 11.4. The monoisotopic (exact) mass is 407 g/mol. The third-order valence-corrected chi connectivity index (χ3v) is 7.96. The van der Waals surface area contributed by atoms with Gasteiger partial charge in [0, 0.05) is 13.6 Å². The second-order valence-electron chi connectivity index (χ2n) is 9.86. The molecule has 0 spiro atoms. The van der Waals surface area contributed by atoms with E-state index in [-0.39, 0.29) is 0 Å². The van der Waals surface area contributed by atoms with E-state index in [1.165, 1.54) is 36.8 Å². The van der Waals surface area contributed by atoms with Gasteiger partial charge < -0.3 is 15.5 Å². The molecule has 2 aliphatic carbocycles. The maximum absolute atomic E-state index is 6.14. The molecule has 0 saturated heterocycles.